The molecule has 2 nitrogen and oxygen atoms in total. The highest BCUT2D eigenvalue weighted by atomic mass is 14.9. The number of hydrogen-bond acceptors (Lipinski definition) is 2. The molecule has 2 fully saturated rings. The molecular weight excluding hydrogens is 364 g/mol. The predicted octanol–water partition coefficient (Wildman–Crippen LogP) is 8.00. The molecule has 0 radical (unpaired) electrons. The number of unbranched alkanes of at least 4 members (excludes halogenated alkanes) is 5. The second kappa shape index (κ2) is 17.5. The van der Waals surface area contributed by atoms with Crippen molar-refractivity contribution >= 4 is 0 Å². The van der Waals surface area contributed by atoms with Crippen molar-refractivity contribution in [1.82, 2.24) is 10.6 Å². The lowest BCUT2D eigenvalue weighted by Crippen LogP contribution is -2.36. The molecule has 2 N–H and O–H groups in total. The minimum Gasteiger partial charge on any atom is -0.314 e. The Morgan fingerprint density at radius 2 is 0.933 bits per heavy atom. The molecule has 4 atom stereocenters. The van der Waals surface area contributed by atoms with Crippen LogP contribution in [0.3, 0.4) is 0 Å². The summed E-state index contributed by atoms with van der Waals surface area (Å²) in [5.74, 6) is 1.91. The summed E-state index contributed by atoms with van der Waals surface area (Å²) in [5, 5.41) is 7.96. The van der Waals surface area contributed by atoms with Gasteiger partial charge in [0.2, 0.25) is 0 Å². The molecule has 0 aliphatic heterocycles. The third-order valence-corrected chi connectivity index (χ3v) is 8.09. The average Bonchev–Trinajstić information content (AvgIpc) is 3.13. The predicted molar refractivity (Wildman–Crippen MR) is 134 cm³/mol. The fourth-order valence-electron chi connectivity index (χ4n) is 6.11. The van der Waals surface area contributed by atoms with Gasteiger partial charge in [-0.15, -0.1) is 0 Å². The van der Waals surface area contributed by atoms with E-state index < -0.39 is 0 Å². The van der Waals surface area contributed by atoms with Gasteiger partial charge in [0.15, 0.2) is 0 Å². The fourth-order valence-corrected chi connectivity index (χ4v) is 6.11. The maximum atomic E-state index is 3.98. The van der Waals surface area contributed by atoms with E-state index in [9.17, 15) is 0 Å². The van der Waals surface area contributed by atoms with Crippen LogP contribution in [0.5, 0.6) is 0 Å². The summed E-state index contributed by atoms with van der Waals surface area (Å²) in [5.41, 5.74) is 0. The van der Waals surface area contributed by atoms with Crippen LogP contribution in [0.2, 0.25) is 0 Å². The van der Waals surface area contributed by atoms with Gasteiger partial charge in [-0.3, -0.25) is 0 Å². The fraction of sp³-hybridized carbons (Fsp3) is 1.00. The zero-order chi connectivity index (χ0) is 21.3. The number of rotatable bonds is 15. The van der Waals surface area contributed by atoms with E-state index in [0.717, 1.165) is 23.9 Å². The summed E-state index contributed by atoms with van der Waals surface area (Å²) in [6.45, 7) is 7.19. The molecule has 4 unspecified atom stereocenters. The topological polar surface area (TPSA) is 24.1 Å². The molecule has 2 aliphatic carbocycles. The molecule has 0 spiro atoms. The minimum atomic E-state index is 0.816. The first-order chi connectivity index (χ1) is 14.8. The maximum absolute atomic E-state index is 3.98. The van der Waals surface area contributed by atoms with E-state index in [0.29, 0.717) is 0 Å². The Labute approximate surface area is 190 Å². The Bertz CT molecular complexity index is 347. The second-order valence-corrected chi connectivity index (χ2v) is 10.6. The van der Waals surface area contributed by atoms with Crippen LogP contribution in [-0.2, 0) is 0 Å². The van der Waals surface area contributed by atoms with Crippen molar-refractivity contribution in [3.05, 3.63) is 0 Å². The van der Waals surface area contributed by atoms with Crippen LogP contribution in [0.1, 0.15) is 142 Å². The van der Waals surface area contributed by atoms with Crippen molar-refractivity contribution in [3.8, 4) is 0 Å². The first-order valence-corrected chi connectivity index (χ1v) is 14.3. The monoisotopic (exact) mass is 420 g/mol. The highest BCUT2D eigenvalue weighted by molar-refractivity contribution is 4.80. The van der Waals surface area contributed by atoms with E-state index in [2.05, 4.69) is 24.5 Å². The van der Waals surface area contributed by atoms with Crippen LogP contribution in [0.4, 0.5) is 0 Å². The van der Waals surface area contributed by atoms with Crippen molar-refractivity contribution in [3.63, 3.8) is 0 Å². The molecule has 30 heavy (non-hydrogen) atoms. The lowest BCUT2D eigenvalue weighted by Gasteiger charge is -2.27. The van der Waals surface area contributed by atoms with Gasteiger partial charge >= 0.3 is 0 Å². The van der Waals surface area contributed by atoms with Crippen LogP contribution in [0.15, 0.2) is 0 Å². The van der Waals surface area contributed by atoms with Crippen molar-refractivity contribution in [2.75, 3.05) is 13.1 Å². The summed E-state index contributed by atoms with van der Waals surface area (Å²) in [4.78, 5) is 0. The van der Waals surface area contributed by atoms with Crippen LogP contribution < -0.4 is 10.6 Å². The molecule has 0 bridgehead atoms. The molecule has 178 valence electrons. The van der Waals surface area contributed by atoms with E-state index in [1.54, 1.807) is 0 Å². The van der Waals surface area contributed by atoms with Gasteiger partial charge in [-0.25, -0.2) is 0 Å². The Hall–Kier alpha value is -0.0800. The van der Waals surface area contributed by atoms with Crippen LogP contribution in [-0.4, -0.2) is 25.2 Å². The normalized spacial score (nSPS) is 28.2. The van der Waals surface area contributed by atoms with Gasteiger partial charge in [0.25, 0.3) is 0 Å². The second-order valence-electron chi connectivity index (χ2n) is 10.6. The van der Waals surface area contributed by atoms with E-state index >= 15 is 0 Å². The van der Waals surface area contributed by atoms with Crippen molar-refractivity contribution in [2.45, 2.75) is 154 Å². The zero-order valence-electron chi connectivity index (χ0n) is 20.9. The van der Waals surface area contributed by atoms with Crippen molar-refractivity contribution in [1.29, 1.82) is 0 Å². The van der Waals surface area contributed by atoms with Gasteiger partial charge in [-0.05, 0) is 76.3 Å². The van der Waals surface area contributed by atoms with Gasteiger partial charge in [0.1, 0.15) is 0 Å². The van der Waals surface area contributed by atoms with E-state index in [1.165, 1.54) is 142 Å². The zero-order valence-corrected chi connectivity index (χ0v) is 20.9. The molecule has 2 rings (SSSR count). The largest absolute Gasteiger partial charge is 0.314 e. The maximum Gasteiger partial charge on any atom is 0.00953 e. The lowest BCUT2D eigenvalue weighted by atomic mass is 9.89. The first-order valence-electron chi connectivity index (χ1n) is 14.3. The smallest absolute Gasteiger partial charge is 0.00953 e. The van der Waals surface area contributed by atoms with Gasteiger partial charge < -0.3 is 10.6 Å². The van der Waals surface area contributed by atoms with Crippen LogP contribution in [0, 0.1) is 11.8 Å². The molecule has 0 amide bonds. The summed E-state index contributed by atoms with van der Waals surface area (Å²) in [6, 6.07) is 1.63. The molecule has 0 aromatic rings. The summed E-state index contributed by atoms with van der Waals surface area (Å²) >= 11 is 0. The summed E-state index contributed by atoms with van der Waals surface area (Å²) in [6.07, 6.45) is 28.6. The standard InChI is InChI=1S/C28H56N2/c1-3-5-17-25-19-11-9-13-21-27(25)29-23-15-7-8-16-24-30-28-22-14-10-12-20-26(28)18-6-4-2/h25-30H,3-24H2,1-2H3. The Kier molecular flexibility index (Phi) is 15.2. The molecule has 0 aromatic carbocycles. The molecule has 0 aromatic heterocycles. The third kappa shape index (κ3) is 11.0. The summed E-state index contributed by atoms with van der Waals surface area (Å²) < 4.78 is 0. The SMILES string of the molecule is CCCCC1CCCCCC1NCCCCCCNC1CCCCCC1CCCC. The lowest BCUT2D eigenvalue weighted by molar-refractivity contribution is 0.304. The number of hydrogen-bond donors (Lipinski definition) is 2. The molecular formula is C28H56N2. The first kappa shape index (κ1) is 26.2. The highest BCUT2D eigenvalue weighted by Crippen LogP contribution is 2.28. The van der Waals surface area contributed by atoms with E-state index in [4.69, 9.17) is 0 Å². The number of nitrogens with one attached hydrogen (secondary N) is 2. The molecule has 0 saturated heterocycles. The Morgan fingerprint density at radius 1 is 0.500 bits per heavy atom. The van der Waals surface area contributed by atoms with E-state index in [1.807, 2.05) is 0 Å². The molecule has 2 saturated carbocycles. The summed E-state index contributed by atoms with van der Waals surface area (Å²) in [7, 11) is 0. The molecule has 0 heterocycles. The minimum absolute atomic E-state index is 0.816. The van der Waals surface area contributed by atoms with Gasteiger partial charge in [0, 0.05) is 12.1 Å². The molecule has 2 heteroatoms. The van der Waals surface area contributed by atoms with Crippen LogP contribution in [0.25, 0.3) is 0 Å². The van der Waals surface area contributed by atoms with Crippen molar-refractivity contribution < 1.29 is 0 Å². The Morgan fingerprint density at radius 3 is 1.37 bits per heavy atom. The average molecular weight is 421 g/mol. The highest BCUT2D eigenvalue weighted by Gasteiger charge is 2.23. The third-order valence-electron chi connectivity index (χ3n) is 8.09. The van der Waals surface area contributed by atoms with Gasteiger partial charge in [0.05, 0.1) is 0 Å². The van der Waals surface area contributed by atoms with E-state index in [-0.39, 0.29) is 0 Å². The van der Waals surface area contributed by atoms with Crippen molar-refractivity contribution in [2.24, 2.45) is 11.8 Å². The quantitative estimate of drug-likeness (QED) is 0.207. The van der Waals surface area contributed by atoms with Crippen LogP contribution >= 0.6 is 0 Å². The molecule has 2 aliphatic rings. The van der Waals surface area contributed by atoms with Gasteiger partial charge in [-0.2, -0.15) is 0 Å². The Balaban J connectivity index is 1.53. The van der Waals surface area contributed by atoms with Gasteiger partial charge in [-0.1, -0.05) is 90.9 Å².